The van der Waals surface area contributed by atoms with Gasteiger partial charge in [0.1, 0.15) is 34.9 Å². The number of nitrogens with one attached hydrogen (secondary N) is 4. The van der Waals surface area contributed by atoms with Gasteiger partial charge in [0.2, 0.25) is 5.91 Å². The van der Waals surface area contributed by atoms with Gasteiger partial charge >= 0.3 is 29.9 Å². The molecule has 0 aliphatic heterocycles. The van der Waals surface area contributed by atoms with Crippen molar-refractivity contribution in [3.05, 3.63) is 11.3 Å². The Hall–Kier alpha value is -4.50. The van der Waals surface area contributed by atoms with Crippen molar-refractivity contribution in [2.45, 2.75) is 176 Å². The molecule has 0 radical (unpaired) electrons. The second kappa shape index (κ2) is 20.4. The van der Waals surface area contributed by atoms with Crippen LogP contribution in [0.3, 0.4) is 0 Å². The summed E-state index contributed by atoms with van der Waals surface area (Å²) in [4.78, 5) is 102. The van der Waals surface area contributed by atoms with Gasteiger partial charge in [-0.2, -0.15) is 0 Å². The summed E-state index contributed by atoms with van der Waals surface area (Å²) in [6, 6.07) is -4.89. The Labute approximate surface area is 325 Å². The lowest BCUT2D eigenvalue weighted by Crippen LogP contribution is -2.53. The minimum Gasteiger partial charge on any atom is -0.480 e. The van der Waals surface area contributed by atoms with Crippen molar-refractivity contribution in [1.82, 2.24) is 21.3 Å². The molecule has 0 aromatic rings. The van der Waals surface area contributed by atoms with Crippen molar-refractivity contribution in [3.63, 3.8) is 0 Å². The maximum Gasteiger partial charge on any atom is 0.329 e. The van der Waals surface area contributed by atoms with Crippen molar-refractivity contribution in [1.29, 1.82) is 0 Å². The standard InChI is InChI=1S/C39H64N4O12/c1-23(31-27(44)21-39(11,12)22-28(31)45)40-20-14-13-15-24(32(48)49)41-29(46)18-16-25(33(50)54-37(5,6)7)42-35(52)43-26(34(51)55-38(8,9)10)17-19-30(47)53-36(2,3)4/h24-26,40H,13-22H2,1-12H3,(H,41,46)(H,48,49)(H2,42,43,52)/t24-,25-,26-/m0/s1. The van der Waals surface area contributed by atoms with Gasteiger partial charge in [-0.15, -0.1) is 0 Å². The number of carboxylic acid groups (broad SMARTS) is 1. The van der Waals surface area contributed by atoms with Crippen LogP contribution in [0.4, 0.5) is 4.79 Å². The monoisotopic (exact) mass is 780 g/mol. The number of carbonyl (C=O) groups is 8. The van der Waals surface area contributed by atoms with Crippen molar-refractivity contribution >= 4 is 47.4 Å². The number of unbranched alkanes of at least 4 members (excludes halogenated alkanes) is 1. The van der Waals surface area contributed by atoms with Crippen LogP contribution in [0.1, 0.15) is 141 Å². The molecular weight excluding hydrogens is 716 g/mol. The third kappa shape index (κ3) is 20.1. The first-order valence-electron chi connectivity index (χ1n) is 18.8. The smallest absolute Gasteiger partial charge is 0.329 e. The first-order chi connectivity index (χ1) is 25.0. The lowest BCUT2D eigenvalue weighted by atomic mass is 9.73. The van der Waals surface area contributed by atoms with Gasteiger partial charge in [0.25, 0.3) is 0 Å². The summed E-state index contributed by atoms with van der Waals surface area (Å²) in [7, 11) is 0. The fourth-order valence-electron chi connectivity index (χ4n) is 5.58. The summed E-state index contributed by atoms with van der Waals surface area (Å²) in [5, 5.41) is 20.2. The van der Waals surface area contributed by atoms with Gasteiger partial charge in [-0.1, -0.05) is 13.8 Å². The molecule has 312 valence electrons. The number of amides is 3. The van der Waals surface area contributed by atoms with Crippen LogP contribution in [0.15, 0.2) is 11.3 Å². The van der Waals surface area contributed by atoms with Gasteiger partial charge < -0.3 is 40.6 Å². The Morgan fingerprint density at radius 3 is 1.56 bits per heavy atom. The molecule has 1 fully saturated rings. The predicted octanol–water partition coefficient (Wildman–Crippen LogP) is 4.17. The van der Waals surface area contributed by atoms with E-state index in [4.69, 9.17) is 14.2 Å². The SMILES string of the molecule is CC(NCCCC[C@H](NC(=O)CC[C@H](NC(=O)N[C@@H](CCC(=O)OC(C)(C)C)C(=O)OC(C)(C)C)C(=O)OC(C)(C)C)C(=O)O)=C1C(=O)CC(C)(C)CC1=O. The second-order valence-electron chi connectivity index (χ2n) is 17.7. The first kappa shape index (κ1) is 48.5. The van der Waals surface area contributed by atoms with E-state index >= 15 is 0 Å². The zero-order valence-electron chi connectivity index (χ0n) is 34.7. The fourth-order valence-corrected chi connectivity index (χ4v) is 5.58. The summed E-state index contributed by atoms with van der Waals surface area (Å²) < 4.78 is 16.2. The molecule has 0 aromatic carbocycles. The number of hydrogen-bond acceptors (Lipinski definition) is 12. The van der Waals surface area contributed by atoms with Crippen molar-refractivity contribution in [3.8, 4) is 0 Å². The van der Waals surface area contributed by atoms with Crippen LogP contribution < -0.4 is 21.3 Å². The van der Waals surface area contributed by atoms with Gasteiger partial charge in [-0.25, -0.2) is 19.2 Å². The number of carboxylic acids is 1. The number of ketones is 2. The Morgan fingerprint density at radius 2 is 1.13 bits per heavy atom. The van der Waals surface area contributed by atoms with Gasteiger partial charge in [-0.3, -0.25) is 19.2 Å². The minimum atomic E-state index is -1.38. The van der Waals surface area contributed by atoms with Gasteiger partial charge in [-0.05, 0) is 107 Å². The molecule has 5 N–H and O–H groups in total. The van der Waals surface area contributed by atoms with Crippen molar-refractivity contribution < 1.29 is 57.7 Å². The van der Waals surface area contributed by atoms with E-state index < -0.39 is 70.7 Å². The third-order valence-electron chi connectivity index (χ3n) is 7.86. The average Bonchev–Trinajstić information content (AvgIpc) is 2.96. The Morgan fingerprint density at radius 1 is 0.673 bits per heavy atom. The average molecular weight is 781 g/mol. The van der Waals surface area contributed by atoms with E-state index in [-0.39, 0.29) is 67.5 Å². The van der Waals surface area contributed by atoms with Crippen molar-refractivity contribution in [2.75, 3.05) is 6.54 Å². The third-order valence-corrected chi connectivity index (χ3v) is 7.86. The van der Waals surface area contributed by atoms with E-state index in [1.165, 1.54) is 0 Å². The maximum atomic E-state index is 13.2. The Balaban J connectivity index is 2.90. The predicted molar refractivity (Wildman–Crippen MR) is 202 cm³/mol. The quantitative estimate of drug-likeness (QED) is 0.0433. The molecule has 16 nitrogen and oxygen atoms in total. The number of urea groups is 1. The highest BCUT2D eigenvalue weighted by Crippen LogP contribution is 2.34. The van der Waals surface area contributed by atoms with Crippen LogP contribution in [0, 0.1) is 5.41 Å². The van der Waals surface area contributed by atoms with E-state index in [0.29, 0.717) is 25.1 Å². The van der Waals surface area contributed by atoms with Crippen LogP contribution in [0.2, 0.25) is 0 Å². The van der Waals surface area contributed by atoms with E-state index in [1.807, 2.05) is 13.8 Å². The maximum absolute atomic E-state index is 13.2. The Bertz CT molecular complexity index is 1440. The number of rotatable bonds is 18. The number of hydrogen-bond donors (Lipinski definition) is 5. The van der Waals surface area contributed by atoms with Crippen LogP contribution in [0.25, 0.3) is 0 Å². The molecule has 0 saturated heterocycles. The lowest BCUT2D eigenvalue weighted by Gasteiger charge is -2.29. The van der Waals surface area contributed by atoms with Crippen LogP contribution in [-0.4, -0.2) is 94.0 Å². The molecule has 0 aromatic heterocycles. The Kier molecular flexibility index (Phi) is 18.0. The van der Waals surface area contributed by atoms with E-state index in [9.17, 15) is 43.5 Å². The molecule has 55 heavy (non-hydrogen) atoms. The van der Waals surface area contributed by atoms with Crippen molar-refractivity contribution in [2.24, 2.45) is 5.41 Å². The summed E-state index contributed by atoms with van der Waals surface area (Å²) >= 11 is 0. The number of allylic oxidation sites excluding steroid dienone is 2. The molecule has 0 bridgehead atoms. The molecule has 3 amide bonds. The summed E-state index contributed by atoms with van der Waals surface area (Å²) in [6.07, 6.45) is 0.473. The molecule has 1 rings (SSSR count). The zero-order valence-corrected chi connectivity index (χ0v) is 34.7. The fraction of sp³-hybridized carbons (Fsp3) is 0.744. The molecule has 0 unspecified atom stereocenters. The topological polar surface area (TPSA) is 233 Å². The largest absolute Gasteiger partial charge is 0.480 e. The second-order valence-corrected chi connectivity index (χ2v) is 17.7. The molecule has 1 aliphatic rings. The highest BCUT2D eigenvalue weighted by Gasteiger charge is 2.37. The van der Waals surface area contributed by atoms with Gasteiger partial charge in [0.15, 0.2) is 11.6 Å². The number of esters is 3. The lowest BCUT2D eigenvalue weighted by molar-refractivity contribution is -0.159. The van der Waals surface area contributed by atoms with E-state index in [0.717, 1.165) is 0 Å². The molecule has 3 atom stereocenters. The van der Waals surface area contributed by atoms with Crippen LogP contribution >= 0.6 is 0 Å². The molecule has 1 saturated carbocycles. The molecule has 0 heterocycles. The number of aliphatic carboxylic acids is 1. The highest BCUT2D eigenvalue weighted by molar-refractivity contribution is 6.22. The van der Waals surface area contributed by atoms with Gasteiger partial charge in [0, 0.05) is 37.9 Å². The number of ether oxygens (including phenoxy) is 3. The van der Waals surface area contributed by atoms with E-state index in [1.54, 1.807) is 69.2 Å². The normalized spacial score (nSPS) is 16.2. The number of Topliss-reactive ketones (excluding diaryl/α,β-unsaturated/α-hetero) is 2. The highest BCUT2D eigenvalue weighted by atomic mass is 16.6. The number of carbonyl (C=O) groups excluding carboxylic acids is 7. The molecule has 16 heteroatoms. The minimum absolute atomic E-state index is 0.0793. The zero-order chi connectivity index (χ0) is 42.5. The summed E-state index contributed by atoms with van der Waals surface area (Å²) in [5.74, 6) is -4.65. The van der Waals surface area contributed by atoms with E-state index in [2.05, 4.69) is 21.3 Å². The summed E-state index contributed by atoms with van der Waals surface area (Å²) in [5.41, 5.74) is -2.37. The van der Waals surface area contributed by atoms with Crippen LogP contribution in [-0.2, 0) is 47.8 Å². The molecular formula is C39H64N4O12. The molecule has 0 spiro atoms. The van der Waals surface area contributed by atoms with Crippen LogP contribution in [0.5, 0.6) is 0 Å². The van der Waals surface area contributed by atoms with Gasteiger partial charge in [0.05, 0.1) is 5.57 Å². The first-order valence-corrected chi connectivity index (χ1v) is 18.8. The summed E-state index contributed by atoms with van der Waals surface area (Å²) in [6.45, 7) is 20.6. The molecule has 1 aliphatic carbocycles.